The summed E-state index contributed by atoms with van der Waals surface area (Å²) in [5, 5.41) is 0. The lowest BCUT2D eigenvalue weighted by Crippen LogP contribution is -2.43. The molecule has 2 atom stereocenters. The van der Waals surface area contributed by atoms with E-state index in [0.717, 1.165) is 25.9 Å². The standard InChI is InChI=1S/C26H34FNO2/c1-19(2)25-17-26(14-16-30-25,23-11-9-20(3)10-12-23)13-15-28(21(4)29)18-22-7-5-6-8-24(22)27/h5-12,19,25H,13-18H2,1-4H3/t25-,26+/m1/s1. The molecule has 0 aliphatic carbocycles. The summed E-state index contributed by atoms with van der Waals surface area (Å²) in [6.07, 6.45) is 2.93. The van der Waals surface area contributed by atoms with Crippen molar-refractivity contribution in [3.8, 4) is 0 Å². The highest BCUT2D eigenvalue weighted by Gasteiger charge is 2.39. The lowest BCUT2D eigenvalue weighted by Gasteiger charge is -2.44. The number of carbonyl (C=O) groups is 1. The summed E-state index contributed by atoms with van der Waals surface area (Å²) in [7, 11) is 0. The van der Waals surface area contributed by atoms with Crippen molar-refractivity contribution in [2.75, 3.05) is 13.2 Å². The molecule has 1 aliphatic rings. The average Bonchev–Trinajstić information content (AvgIpc) is 2.72. The van der Waals surface area contributed by atoms with E-state index >= 15 is 0 Å². The summed E-state index contributed by atoms with van der Waals surface area (Å²) in [5.41, 5.74) is 3.08. The second-order valence-electron chi connectivity index (χ2n) is 9.04. The van der Waals surface area contributed by atoms with Gasteiger partial charge in [0.15, 0.2) is 0 Å². The third-order valence-electron chi connectivity index (χ3n) is 6.54. The van der Waals surface area contributed by atoms with Crippen LogP contribution in [0.2, 0.25) is 0 Å². The third kappa shape index (κ3) is 5.28. The first kappa shape index (κ1) is 22.5. The molecule has 0 N–H and O–H groups in total. The lowest BCUT2D eigenvalue weighted by atomic mass is 9.68. The van der Waals surface area contributed by atoms with E-state index in [4.69, 9.17) is 4.74 Å². The predicted molar refractivity (Wildman–Crippen MR) is 119 cm³/mol. The smallest absolute Gasteiger partial charge is 0.219 e. The van der Waals surface area contributed by atoms with Gasteiger partial charge in [-0.05, 0) is 43.7 Å². The van der Waals surface area contributed by atoms with Crippen LogP contribution in [0.25, 0.3) is 0 Å². The molecule has 3 rings (SSSR count). The molecule has 0 aromatic heterocycles. The van der Waals surface area contributed by atoms with Gasteiger partial charge in [-0.1, -0.05) is 61.9 Å². The van der Waals surface area contributed by atoms with Crippen molar-refractivity contribution in [2.24, 2.45) is 5.92 Å². The Labute approximate surface area is 180 Å². The highest BCUT2D eigenvalue weighted by atomic mass is 19.1. The summed E-state index contributed by atoms with van der Waals surface area (Å²) in [5.74, 6) is 0.158. The van der Waals surface area contributed by atoms with Gasteiger partial charge in [0.05, 0.1) is 6.10 Å². The summed E-state index contributed by atoms with van der Waals surface area (Å²) in [6.45, 7) is 9.71. The van der Waals surface area contributed by atoms with Crippen LogP contribution >= 0.6 is 0 Å². The minimum atomic E-state index is -0.261. The maximum Gasteiger partial charge on any atom is 0.219 e. The topological polar surface area (TPSA) is 29.5 Å². The molecule has 1 amide bonds. The van der Waals surface area contributed by atoms with Gasteiger partial charge >= 0.3 is 0 Å². The van der Waals surface area contributed by atoms with Crippen LogP contribution in [0.1, 0.15) is 56.7 Å². The van der Waals surface area contributed by atoms with Crippen LogP contribution in [0.3, 0.4) is 0 Å². The molecule has 162 valence electrons. The van der Waals surface area contributed by atoms with Gasteiger partial charge in [-0.3, -0.25) is 4.79 Å². The fourth-order valence-corrected chi connectivity index (χ4v) is 4.45. The summed E-state index contributed by atoms with van der Waals surface area (Å²) in [4.78, 5) is 14.1. The molecule has 0 unspecified atom stereocenters. The highest BCUT2D eigenvalue weighted by molar-refractivity contribution is 5.73. The van der Waals surface area contributed by atoms with E-state index in [9.17, 15) is 9.18 Å². The Bertz CT molecular complexity index is 848. The summed E-state index contributed by atoms with van der Waals surface area (Å²) in [6, 6.07) is 15.5. The van der Waals surface area contributed by atoms with Crippen LogP contribution < -0.4 is 0 Å². The molecular formula is C26H34FNO2. The van der Waals surface area contributed by atoms with Gasteiger partial charge in [-0.2, -0.15) is 0 Å². The summed E-state index contributed by atoms with van der Waals surface area (Å²) < 4.78 is 20.2. The number of benzene rings is 2. The van der Waals surface area contributed by atoms with Crippen molar-refractivity contribution < 1.29 is 13.9 Å². The van der Waals surface area contributed by atoms with Gasteiger partial charge in [0.1, 0.15) is 5.82 Å². The first-order valence-corrected chi connectivity index (χ1v) is 11.0. The summed E-state index contributed by atoms with van der Waals surface area (Å²) >= 11 is 0. The van der Waals surface area contributed by atoms with E-state index in [1.807, 2.05) is 6.07 Å². The molecule has 30 heavy (non-hydrogen) atoms. The number of amides is 1. The SMILES string of the molecule is CC(=O)N(CC[C@]1(c2ccc(C)cc2)CCO[C@@H](C(C)C)C1)Cc1ccccc1F. The van der Waals surface area contributed by atoms with E-state index in [1.54, 1.807) is 24.0 Å². The van der Waals surface area contributed by atoms with Crippen molar-refractivity contribution in [1.29, 1.82) is 0 Å². The molecule has 0 spiro atoms. The highest BCUT2D eigenvalue weighted by Crippen LogP contribution is 2.42. The molecular weight excluding hydrogens is 377 g/mol. The number of nitrogens with zero attached hydrogens (tertiary/aromatic N) is 1. The van der Waals surface area contributed by atoms with Gasteiger partial charge in [0, 0.05) is 37.6 Å². The minimum Gasteiger partial charge on any atom is -0.378 e. The fraction of sp³-hybridized carbons (Fsp3) is 0.500. The number of carbonyl (C=O) groups excluding carboxylic acids is 1. The van der Waals surface area contributed by atoms with Crippen LogP contribution in [-0.2, 0) is 21.5 Å². The Balaban J connectivity index is 1.83. The Hall–Kier alpha value is -2.20. The zero-order valence-electron chi connectivity index (χ0n) is 18.7. The number of aryl methyl sites for hydroxylation is 1. The Kier molecular flexibility index (Phi) is 7.30. The Morgan fingerprint density at radius 3 is 2.53 bits per heavy atom. The zero-order chi connectivity index (χ0) is 21.7. The second-order valence-corrected chi connectivity index (χ2v) is 9.04. The molecule has 0 radical (unpaired) electrons. The van der Waals surface area contributed by atoms with E-state index < -0.39 is 0 Å². The Morgan fingerprint density at radius 2 is 1.90 bits per heavy atom. The Morgan fingerprint density at radius 1 is 1.20 bits per heavy atom. The molecule has 2 aromatic carbocycles. The predicted octanol–water partition coefficient (Wildman–Crippen LogP) is 5.65. The molecule has 0 saturated carbocycles. The molecule has 0 bridgehead atoms. The molecule has 4 heteroatoms. The number of hydrogen-bond acceptors (Lipinski definition) is 2. The average molecular weight is 412 g/mol. The molecule has 1 saturated heterocycles. The first-order chi connectivity index (χ1) is 14.3. The van der Waals surface area contributed by atoms with Gasteiger partial charge in [-0.15, -0.1) is 0 Å². The van der Waals surface area contributed by atoms with E-state index in [0.29, 0.717) is 24.6 Å². The van der Waals surface area contributed by atoms with Crippen molar-refractivity contribution in [3.63, 3.8) is 0 Å². The molecule has 2 aromatic rings. The van der Waals surface area contributed by atoms with Gasteiger partial charge in [0.25, 0.3) is 0 Å². The van der Waals surface area contributed by atoms with Crippen molar-refractivity contribution in [1.82, 2.24) is 4.90 Å². The second kappa shape index (κ2) is 9.74. The van der Waals surface area contributed by atoms with Gasteiger partial charge in [-0.25, -0.2) is 4.39 Å². The van der Waals surface area contributed by atoms with Gasteiger partial charge < -0.3 is 9.64 Å². The fourth-order valence-electron chi connectivity index (χ4n) is 4.45. The van der Waals surface area contributed by atoms with Gasteiger partial charge in [0.2, 0.25) is 5.91 Å². The van der Waals surface area contributed by atoms with E-state index in [2.05, 4.69) is 45.0 Å². The number of ether oxygens (including phenoxy) is 1. The largest absolute Gasteiger partial charge is 0.378 e. The lowest BCUT2D eigenvalue weighted by molar-refractivity contribution is -0.130. The maximum absolute atomic E-state index is 14.2. The maximum atomic E-state index is 14.2. The molecule has 1 heterocycles. The molecule has 3 nitrogen and oxygen atoms in total. The monoisotopic (exact) mass is 411 g/mol. The van der Waals surface area contributed by atoms with Crippen LogP contribution in [0.4, 0.5) is 4.39 Å². The quantitative estimate of drug-likeness (QED) is 0.590. The minimum absolute atomic E-state index is 0.0234. The molecule has 1 fully saturated rings. The van der Waals surface area contributed by atoms with Crippen LogP contribution in [0.15, 0.2) is 48.5 Å². The third-order valence-corrected chi connectivity index (χ3v) is 6.54. The van der Waals surface area contributed by atoms with Crippen LogP contribution in [0.5, 0.6) is 0 Å². The van der Waals surface area contributed by atoms with E-state index in [1.165, 1.54) is 17.2 Å². The number of halogens is 1. The first-order valence-electron chi connectivity index (χ1n) is 11.0. The van der Waals surface area contributed by atoms with Crippen LogP contribution in [0, 0.1) is 18.7 Å². The number of hydrogen-bond donors (Lipinski definition) is 0. The number of rotatable bonds is 7. The van der Waals surface area contributed by atoms with Crippen molar-refractivity contribution in [3.05, 3.63) is 71.0 Å². The normalized spacial score (nSPS) is 21.6. The zero-order valence-corrected chi connectivity index (χ0v) is 18.7. The van der Waals surface area contributed by atoms with Crippen molar-refractivity contribution in [2.45, 2.75) is 65.0 Å². The van der Waals surface area contributed by atoms with Crippen molar-refractivity contribution >= 4 is 5.91 Å². The molecule has 1 aliphatic heterocycles. The van der Waals surface area contributed by atoms with E-state index in [-0.39, 0.29) is 23.2 Å². The van der Waals surface area contributed by atoms with Crippen LogP contribution in [-0.4, -0.2) is 30.1 Å².